The van der Waals surface area contributed by atoms with E-state index in [0.29, 0.717) is 17.6 Å². The van der Waals surface area contributed by atoms with E-state index in [0.717, 1.165) is 5.56 Å². The minimum Gasteiger partial charge on any atom is -0.345 e. The smallest absolute Gasteiger partial charge is 0.239 e. The van der Waals surface area contributed by atoms with Crippen molar-refractivity contribution in [2.24, 2.45) is 0 Å². The SMILES string of the molecule is CCN(C)C(=O)C(C)NCc1ccc(Br)c(F)c1. The number of carbonyl (C=O) groups excluding carboxylic acids is 1. The lowest BCUT2D eigenvalue weighted by atomic mass is 10.2. The van der Waals surface area contributed by atoms with Crippen molar-refractivity contribution in [3.63, 3.8) is 0 Å². The van der Waals surface area contributed by atoms with Crippen molar-refractivity contribution in [3.8, 4) is 0 Å². The first-order valence-electron chi connectivity index (χ1n) is 5.88. The van der Waals surface area contributed by atoms with Gasteiger partial charge >= 0.3 is 0 Å². The Hall–Kier alpha value is -0.940. The van der Waals surface area contributed by atoms with Crippen LogP contribution in [0.25, 0.3) is 0 Å². The second-order valence-corrected chi connectivity index (χ2v) is 5.06. The molecule has 0 spiro atoms. The van der Waals surface area contributed by atoms with E-state index in [1.54, 1.807) is 18.0 Å². The molecule has 0 aliphatic carbocycles. The molecule has 18 heavy (non-hydrogen) atoms. The number of hydrogen-bond donors (Lipinski definition) is 1. The van der Waals surface area contributed by atoms with Gasteiger partial charge in [0.25, 0.3) is 0 Å². The van der Waals surface area contributed by atoms with Crippen molar-refractivity contribution < 1.29 is 9.18 Å². The number of amides is 1. The molecule has 1 aromatic carbocycles. The highest BCUT2D eigenvalue weighted by atomic mass is 79.9. The van der Waals surface area contributed by atoms with Crippen LogP contribution in [0.3, 0.4) is 0 Å². The van der Waals surface area contributed by atoms with Crippen LogP contribution in [0.1, 0.15) is 19.4 Å². The van der Waals surface area contributed by atoms with Crippen LogP contribution in [0.2, 0.25) is 0 Å². The van der Waals surface area contributed by atoms with Gasteiger partial charge in [-0.05, 0) is 47.5 Å². The first-order valence-corrected chi connectivity index (χ1v) is 6.67. The Morgan fingerprint density at radius 2 is 2.22 bits per heavy atom. The third kappa shape index (κ3) is 4.07. The largest absolute Gasteiger partial charge is 0.345 e. The van der Waals surface area contributed by atoms with E-state index >= 15 is 0 Å². The number of nitrogens with zero attached hydrogens (tertiary/aromatic N) is 1. The van der Waals surface area contributed by atoms with Crippen LogP contribution in [0.5, 0.6) is 0 Å². The lowest BCUT2D eigenvalue weighted by Gasteiger charge is -2.20. The zero-order valence-corrected chi connectivity index (χ0v) is 12.4. The zero-order valence-electron chi connectivity index (χ0n) is 10.8. The highest BCUT2D eigenvalue weighted by Gasteiger charge is 2.15. The van der Waals surface area contributed by atoms with Crippen molar-refractivity contribution in [2.75, 3.05) is 13.6 Å². The van der Waals surface area contributed by atoms with E-state index in [-0.39, 0.29) is 17.8 Å². The monoisotopic (exact) mass is 316 g/mol. The molecule has 1 N–H and O–H groups in total. The van der Waals surface area contributed by atoms with Crippen LogP contribution in [0.4, 0.5) is 4.39 Å². The van der Waals surface area contributed by atoms with E-state index in [1.807, 2.05) is 19.9 Å². The molecule has 1 atom stereocenters. The van der Waals surface area contributed by atoms with Gasteiger partial charge in [0.1, 0.15) is 5.82 Å². The summed E-state index contributed by atoms with van der Waals surface area (Å²) in [5.41, 5.74) is 0.814. The molecule has 1 aromatic rings. The molecule has 0 fully saturated rings. The molecular weight excluding hydrogens is 299 g/mol. The maximum absolute atomic E-state index is 13.3. The van der Waals surface area contributed by atoms with E-state index in [9.17, 15) is 9.18 Å². The maximum atomic E-state index is 13.3. The first kappa shape index (κ1) is 15.1. The fraction of sp³-hybridized carbons (Fsp3) is 0.462. The summed E-state index contributed by atoms with van der Waals surface area (Å²) in [6.07, 6.45) is 0. The topological polar surface area (TPSA) is 32.3 Å². The summed E-state index contributed by atoms with van der Waals surface area (Å²) in [5.74, 6) is -0.256. The Bertz CT molecular complexity index is 425. The fourth-order valence-corrected chi connectivity index (χ4v) is 1.74. The van der Waals surface area contributed by atoms with Crippen LogP contribution in [-0.4, -0.2) is 30.4 Å². The van der Waals surface area contributed by atoms with Gasteiger partial charge in [-0.15, -0.1) is 0 Å². The molecule has 3 nitrogen and oxygen atoms in total. The van der Waals surface area contributed by atoms with Gasteiger partial charge in [-0.1, -0.05) is 6.07 Å². The average molecular weight is 317 g/mol. The van der Waals surface area contributed by atoms with Crippen LogP contribution in [0, 0.1) is 5.82 Å². The van der Waals surface area contributed by atoms with Gasteiger partial charge in [-0.2, -0.15) is 0 Å². The Morgan fingerprint density at radius 3 is 2.78 bits per heavy atom. The quantitative estimate of drug-likeness (QED) is 0.905. The number of hydrogen-bond acceptors (Lipinski definition) is 2. The molecule has 1 amide bonds. The summed E-state index contributed by atoms with van der Waals surface area (Å²) < 4.78 is 13.7. The Labute approximate surface area is 115 Å². The molecule has 1 rings (SSSR count). The van der Waals surface area contributed by atoms with E-state index in [2.05, 4.69) is 21.2 Å². The highest BCUT2D eigenvalue weighted by Crippen LogP contribution is 2.16. The number of nitrogens with one attached hydrogen (secondary N) is 1. The van der Waals surface area contributed by atoms with Gasteiger partial charge in [0, 0.05) is 20.1 Å². The third-order valence-corrected chi connectivity index (χ3v) is 3.46. The predicted octanol–water partition coefficient (Wildman–Crippen LogP) is 2.54. The van der Waals surface area contributed by atoms with Gasteiger partial charge in [-0.3, -0.25) is 4.79 Å². The summed E-state index contributed by atoms with van der Waals surface area (Å²) in [6.45, 7) is 4.88. The van der Waals surface area contributed by atoms with Crippen molar-refractivity contribution in [1.29, 1.82) is 0 Å². The van der Waals surface area contributed by atoms with E-state index in [4.69, 9.17) is 0 Å². The van der Waals surface area contributed by atoms with Gasteiger partial charge in [-0.25, -0.2) is 4.39 Å². The Kier molecular flexibility index (Phi) is 5.75. The Balaban J connectivity index is 2.54. The average Bonchev–Trinajstić information content (AvgIpc) is 2.37. The minimum atomic E-state index is -0.293. The van der Waals surface area contributed by atoms with Crippen LogP contribution < -0.4 is 5.32 Å². The molecule has 0 saturated carbocycles. The number of rotatable bonds is 5. The first-order chi connectivity index (χ1) is 8.45. The summed E-state index contributed by atoms with van der Waals surface area (Å²) in [4.78, 5) is 13.5. The van der Waals surface area contributed by atoms with Gasteiger partial charge < -0.3 is 10.2 Å². The molecule has 0 aliphatic heterocycles. The number of benzene rings is 1. The van der Waals surface area contributed by atoms with Crippen molar-refractivity contribution in [2.45, 2.75) is 26.4 Å². The molecule has 0 bridgehead atoms. The second-order valence-electron chi connectivity index (χ2n) is 4.20. The standard InChI is InChI=1S/C13H18BrFN2O/c1-4-17(3)13(18)9(2)16-8-10-5-6-11(14)12(15)7-10/h5-7,9,16H,4,8H2,1-3H3. The Morgan fingerprint density at radius 1 is 1.56 bits per heavy atom. The molecule has 0 radical (unpaired) electrons. The predicted molar refractivity (Wildman–Crippen MR) is 73.7 cm³/mol. The van der Waals surface area contributed by atoms with Crippen LogP contribution >= 0.6 is 15.9 Å². The number of likely N-dealkylation sites (N-methyl/N-ethyl adjacent to an activating group) is 1. The van der Waals surface area contributed by atoms with Gasteiger partial charge in [0.15, 0.2) is 0 Å². The summed E-state index contributed by atoms with van der Waals surface area (Å²) in [7, 11) is 1.76. The number of halogens is 2. The van der Waals surface area contributed by atoms with Gasteiger partial charge in [0.2, 0.25) is 5.91 Å². The normalized spacial score (nSPS) is 12.3. The third-order valence-electron chi connectivity index (χ3n) is 2.82. The lowest BCUT2D eigenvalue weighted by molar-refractivity contribution is -0.131. The van der Waals surface area contributed by atoms with Crippen molar-refractivity contribution >= 4 is 21.8 Å². The molecule has 100 valence electrons. The molecular formula is C13H18BrFN2O. The zero-order chi connectivity index (χ0) is 13.7. The lowest BCUT2D eigenvalue weighted by Crippen LogP contribution is -2.42. The fourth-order valence-electron chi connectivity index (χ4n) is 1.49. The minimum absolute atomic E-state index is 0.0371. The van der Waals surface area contributed by atoms with Crippen LogP contribution in [-0.2, 0) is 11.3 Å². The molecule has 0 aliphatic rings. The summed E-state index contributed by atoms with van der Waals surface area (Å²) >= 11 is 3.10. The molecule has 0 saturated heterocycles. The van der Waals surface area contributed by atoms with Crippen LogP contribution in [0.15, 0.2) is 22.7 Å². The highest BCUT2D eigenvalue weighted by molar-refractivity contribution is 9.10. The van der Waals surface area contributed by atoms with Crippen molar-refractivity contribution in [1.82, 2.24) is 10.2 Å². The second kappa shape index (κ2) is 6.85. The number of carbonyl (C=O) groups is 1. The molecule has 5 heteroatoms. The molecule has 1 unspecified atom stereocenters. The maximum Gasteiger partial charge on any atom is 0.239 e. The van der Waals surface area contributed by atoms with Gasteiger partial charge in [0.05, 0.1) is 10.5 Å². The van der Waals surface area contributed by atoms with E-state index < -0.39 is 0 Å². The summed E-state index contributed by atoms with van der Waals surface area (Å²) in [5, 5.41) is 3.09. The molecule has 0 heterocycles. The molecule has 0 aromatic heterocycles. The summed E-state index contributed by atoms with van der Waals surface area (Å²) in [6, 6.07) is 4.66. The van der Waals surface area contributed by atoms with Crippen molar-refractivity contribution in [3.05, 3.63) is 34.1 Å². The van der Waals surface area contributed by atoms with E-state index in [1.165, 1.54) is 6.07 Å².